The molecular weight excluding hydrogens is 228 g/mol. The van der Waals surface area contributed by atoms with Crippen LogP contribution in [0.5, 0.6) is 0 Å². The first-order valence-corrected chi connectivity index (χ1v) is 6.18. The highest BCUT2D eigenvalue weighted by Gasteiger charge is 2.08. The number of nitrogens with one attached hydrogen (secondary N) is 1. The maximum Gasteiger partial charge on any atom is 0.133 e. The Hall–Kier alpha value is -1.48. The van der Waals surface area contributed by atoms with Gasteiger partial charge < -0.3 is 4.98 Å². The molecule has 0 amide bonds. The molecule has 1 heterocycles. The number of benzene rings is 1. The highest BCUT2D eigenvalue weighted by molar-refractivity contribution is 7.71. The van der Waals surface area contributed by atoms with Crippen molar-refractivity contribution in [2.45, 2.75) is 27.2 Å². The van der Waals surface area contributed by atoms with E-state index in [2.05, 4.69) is 48.9 Å². The summed E-state index contributed by atoms with van der Waals surface area (Å²) in [6, 6.07) is 6.45. The fraction of sp³-hybridized carbons (Fsp3) is 0.286. The fourth-order valence-corrected chi connectivity index (χ4v) is 2.39. The van der Waals surface area contributed by atoms with Gasteiger partial charge in [-0.25, -0.2) is 4.98 Å². The molecule has 0 radical (unpaired) electrons. The van der Waals surface area contributed by atoms with Crippen LogP contribution in [0.1, 0.15) is 23.6 Å². The van der Waals surface area contributed by atoms with E-state index in [1.807, 2.05) is 0 Å². The Morgan fingerprint density at radius 1 is 1.29 bits per heavy atom. The van der Waals surface area contributed by atoms with E-state index in [1.165, 1.54) is 16.7 Å². The summed E-state index contributed by atoms with van der Waals surface area (Å²) in [6.07, 6.45) is 2.57. The predicted octanol–water partition coefficient (Wildman–Crippen LogP) is 3.99. The van der Waals surface area contributed by atoms with E-state index in [-0.39, 0.29) is 0 Å². The van der Waals surface area contributed by atoms with Gasteiger partial charge in [0.1, 0.15) is 4.64 Å². The molecule has 17 heavy (non-hydrogen) atoms. The predicted molar refractivity (Wildman–Crippen MR) is 73.7 cm³/mol. The number of aromatic nitrogens is 2. The standard InChI is InChI=1S/C14H16N2S/c1-4-11-13(15-8-16-14(11)17)12-6-5-9(2)7-10(12)3/h5-8H,4H2,1-3H3,(H,15,16,17). The molecule has 3 heteroatoms. The van der Waals surface area contributed by atoms with Crippen LogP contribution >= 0.6 is 12.2 Å². The monoisotopic (exact) mass is 244 g/mol. The van der Waals surface area contributed by atoms with Gasteiger partial charge in [-0.1, -0.05) is 42.9 Å². The van der Waals surface area contributed by atoms with E-state index < -0.39 is 0 Å². The summed E-state index contributed by atoms with van der Waals surface area (Å²) in [4.78, 5) is 7.37. The van der Waals surface area contributed by atoms with Gasteiger partial charge in [-0.3, -0.25) is 0 Å². The van der Waals surface area contributed by atoms with Gasteiger partial charge in [0, 0.05) is 11.1 Å². The van der Waals surface area contributed by atoms with Crippen LogP contribution in [0, 0.1) is 18.5 Å². The summed E-state index contributed by atoms with van der Waals surface area (Å²) >= 11 is 5.28. The second-order valence-electron chi connectivity index (χ2n) is 4.23. The number of hydrogen-bond donors (Lipinski definition) is 1. The van der Waals surface area contributed by atoms with Crippen LogP contribution in [0.25, 0.3) is 11.3 Å². The summed E-state index contributed by atoms with van der Waals surface area (Å²) in [7, 11) is 0. The summed E-state index contributed by atoms with van der Waals surface area (Å²) in [5.74, 6) is 0. The van der Waals surface area contributed by atoms with E-state index in [0.29, 0.717) is 4.64 Å². The molecule has 0 spiro atoms. The number of rotatable bonds is 2. The summed E-state index contributed by atoms with van der Waals surface area (Å²) in [5.41, 5.74) is 5.97. The van der Waals surface area contributed by atoms with Crippen LogP contribution in [0.3, 0.4) is 0 Å². The molecule has 2 aromatic rings. The van der Waals surface area contributed by atoms with Crippen molar-refractivity contribution in [2.24, 2.45) is 0 Å². The molecule has 0 aliphatic rings. The normalized spacial score (nSPS) is 10.5. The molecule has 88 valence electrons. The molecule has 0 aliphatic carbocycles. The average Bonchev–Trinajstić information content (AvgIpc) is 2.29. The minimum Gasteiger partial charge on any atom is -0.346 e. The molecule has 0 fully saturated rings. The number of nitrogens with zero attached hydrogens (tertiary/aromatic N) is 1. The minimum atomic E-state index is 0.696. The third-order valence-electron chi connectivity index (χ3n) is 2.96. The molecule has 2 rings (SSSR count). The third kappa shape index (κ3) is 2.29. The van der Waals surface area contributed by atoms with Gasteiger partial charge in [-0.05, 0) is 25.8 Å². The number of aromatic amines is 1. The molecule has 0 unspecified atom stereocenters. The molecule has 1 aromatic heterocycles. The second-order valence-corrected chi connectivity index (χ2v) is 4.62. The smallest absolute Gasteiger partial charge is 0.133 e. The van der Waals surface area contributed by atoms with Crippen LogP contribution in [-0.2, 0) is 6.42 Å². The fourth-order valence-electron chi connectivity index (χ4n) is 2.09. The second kappa shape index (κ2) is 4.80. The number of hydrogen-bond acceptors (Lipinski definition) is 2. The maximum absolute atomic E-state index is 5.28. The molecular formula is C14H16N2S. The largest absolute Gasteiger partial charge is 0.346 e. The van der Waals surface area contributed by atoms with E-state index in [0.717, 1.165) is 17.7 Å². The van der Waals surface area contributed by atoms with Crippen molar-refractivity contribution >= 4 is 12.2 Å². The average molecular weight is 244 g/mol. The zero-order chi connectivity index (χ0) is 12.4. The molecule has 0 atom stereocenters. The van der Waals surface area contributed by atoms with Crippen molar-refractivity contribution in [1.29, 1.82) is 0 Å². The topological polar surface area (TPSA) is 28.7 Å². The first-order valence-electron chi connectivity index (χ1n) is 5.77. The van der Waals surface area contributed by atoms with Crippen LogP contribution in [0.2, 0.25) is 0 Å². The molecule has 1 N–H and O–H groups in total. The van der Waals surface area contributed by atoms with Gasteiger partial charge in [-0.15, -0.1) is 0 Å². The zero-order valence-corrected chi connectivity index (χ0v) is 11.2. The van der Waals surface area contributed by atoms with Crippen molar-refractivity contribution < 1.29 is 0 Å². The van der Waals surface area contributed by atoms with Gasteiger partial charge in [0.15, 0.2) is 0 Å². The molecule has 0 saturated heterocycles. The van der Waals surface area contributed by atoms with Gasteiger partial charge in [0.25, 0.3) is 0 Å². The first kappa shape index (κ1) is 12.0. The summed E-state index contributed by atoms with van der Waals surface area (Å²) in [6.45, 7) is 6.33. The van der Waals surface area contributed by atoms with E-state index in [9.17, 15) is 0 Å². The Labute approximate surface area is 107 Å². The molecule has 0 aliphatic heterocycles. The summed E-state index contributed by atoms with van der Waals surface area (Å²) in [5, 5.41) is 0. The minimum absolute atomic E-state index is 0.696. The Morgan fingerprint density at radius 3 is 2.71 bits per heavy atom. The van der Waals surface area contributed by atoms with Gasteiger partial charge >= 0.3 is 0 Å². The molecule has 2 nitrogen and oxygen atoms in total. The van der Waals surface area contributed by atoms with E-state index >= 15 is 0 Å². The lowest BCUT2D eigenvalue weighted by Crippen LogP contribution is -1.97. The van der Waals surface area contributed by atoms with Crippen molar-refractivity contribution in [3.05, 3.63) is 45.9 Å². The maximum atomic E-state index is 5.28. The van der Waals surface area contributed by atoms with Crippen LogP contribution < -0.4 is 0 Å². The lowest BCUT2D eigenvalue weighted by atomic mass is 9.99. The highest BCUT2D eigenvalue weighted by atomic mass is 32.1. The highest BCUT2D eigenvalue weighted by Crippen LogP contribution is 2.25. The molecule has 0 bridgehead atoms. The van der Waals surface area contributed by atoms with E-state index in [1.54, 1.807) is 6.33 Å². The Morgan fingerprint density at radius 2 is 2.06 bits per heavy atom. The lowest BCUT2D eigenvalue weighted by Gasteiger charge is -2.11. The van der Waals surface area contributed by atoms with Crippen molar-refractivity contribution in [3.63, 3.8) is 0 Å². The summed E-state index contributed by atoms with van der Waals surface area (Å²) < 4.78 is 0.696. The van der Waals surface area contributed by atoms with Crippen molar-refractivity contribution in [2.75, 3.05) is 0 Å². The quantitative estimate of drug-likeness (QED) is 0.809. The molecule has 1 aromatic carbocycles. The van der Waals surface area contributed by atoms with Gasteiger partial charge in [0.2, 0.25) is 0 Å². The Kier molecular flexibility index (Phi) is 3.38. The SMILES string of the molecule is CCc1c(-c2ccc(C)cc2C)[nH]cnc1=S. The zero-order valence-electron chi connectivity index (χ0n) is 10.4. The Balaban J connectivity index is 2.68. The van der Waals surface area contributed by atoms with Crippen molar-refractivity contribution in [3.8, 4) is 11.3 Å². The van der Waals surface area contributed by atoms with E-state index in [4.69, 9.17) is 12.2 Å². The van der Waals surface area contributed by atoms with Crippen molar-refractivity contribution in [1.82, 2.24) is 9.97 Å². The lowest BCUT2D eigenvalue weighted by molar-refractivity contribution is 1.03. The molecule has 0 saturated carbocycles. The van der Waals surface area contributed by atoms with Crippen LogP contribution in [-0.4, -0.2) is 9.97 Å². The first-order chi connectivity index (χ1) is 8.13. The van der Waals surface area contributed by atoms with Gasteiger partial charge in [-0.2, -0.15) is 0 Å². The number of aryl methyl sites for hydroxylation is 2. The van der Waals surface area contributed by atoms with Gasteiger partial charge in [0.05, 0.1) is 12.0 Å². The Bertz CT molecular complexity index is 599. The number of H-pyrrole nitrogens is 1. The van der Waals surface area contributed by atoms with Crippen LogP contribution in [0.15, 0.2) is 24.5 Å². The van der Waals surface area contributed by atoms with Crippen LogP contribution in [0.4, 0.5) is 0 Å². The third-order valence-corrected chi connectivity index (χ3v) is 3.31.